The number of esters is 2. The van der Waals surface area contributed by atoms with Gasteiger partial charge in [0, 0.05) is 36.9 Å². The van der Waals surface area contributed by atoms with E-state index in [1.165, 1.54) is 18.3 Å². The molecular weight excluding hydrogens is 396 g/mol. The van der Waals surface area contributed by atoms with Crippen LogP contribution in [0.4, 0.5) is 0 Å². The third-order valence-electron chi connectivity index (χ3n) is 4.36. The largest absolute Gasteiger partial charge is 0.460 e. The number of carbonyl (C=O) groups excluding carboxylic acids is 2. The van der Waals surface area contributed by atoms with Crippen molar-refractivity contribution in [2.75, 3.05) is 39.4 Å². The fourth-order valence-corrected chi connectivity index (χ4v) is 3.49. The Morgan fingerprint density at radius 1 is 1.28 bits per heavy atom. The topological polar surface area (TPSA) is 102 Å². The standard InChI is InChI=1S/C19H26N4O5S/c1-12(2)27-18(24)13(3)28-19(25)14-10-21-16(17-20-4-9-29-17)22-15(14)11-23-5-7-26-8-6-23/h4,9,12-13H,5-8,10-11H2,1-3H3,(H,21,22)/t13-/m1/s1. The lowest BCUT2D eigenvalue weighted by Crippen LogP contribution is -2.43. The summed E-state index contributed by atoms with van der Waals surface area (Å²) in [5, 5.41) is 5.87. The summed E-state index contributed by atoms with van der Waals surface area (Å²) < 4.78 is 15.9. The summed E-state index contributed by atoms with van der Waals surface area (Å²) in [5.74, 6) is -0.512. The number of amidine groups is 1. The normalized spacial score (nSPS) is 18.8. The molecule has 0 aliphatic carbocycles. The van der Waals surface area contributed by atoms with Crippen molar-refractivity contribution in [3.8, 4) is 0 Å². The zero-order valence-corrected chi connectivity index (χ0v) is 17.7. The maximum atomic E-state index is 12.8. The molecule has 0 unspecified atom stereocenters. The van der Waals surface area contributed by atoms with Gasteiger partial charge in [0.1, 0.15) is 0 Å². The van der Waals surface area contributed by atoms with Crippen LogP contribution in [0, 0.1) is 0 Å². The van der Waals surface area contributed by atoms with Gasteiger partial charge in [-0.15, -0.1) is 11.3 Å². The Morgan fingerprint density at radius 3 is 2.69 bits per heavy atom. The molecule has 1 atom stereocenters. The van der Waals surface area contributed by atoms with Crippen LogP contribution >= 0.6 is 11.3 Å². The Bertz CT molecular complexity index is 785. The van der Waals surface area contributed by atoms with E-state index in [0.29, 0.717) is 36.9 Å². The summed E-state index contributed by atoms with van der Waals surface area (Å²) in [7, 11) is 0. The Kier molecular flexibility index (Phi) is 7.34. The molecule has 0 spiro atoms. The SMILES string of the molecule is CC(C)OC(=O)[C@@H](C)OC(=O)C1=C(CN2CCOCC2)NC(c2nccs2)=NC1. The second-order valence-corrected chi connectivity index (χ2v) is 7.90. The first kappa shape index (κ1) is 21.4. The molecule has 0 aromatic carbocycles. The van der Waals surface area contributed by atoms with Gasteiger partial charge in [-0.1, -0.05) is 0 Å². The van der Waals surface area contributed by atoms with Crippen LogP contribution in [0.15, 0.2) is 27.8 Å². The molecule has 1 aromatic heterocycles. The van der Waals surface area contributed by atoms with E-state index in [0.717, 1.165) is 18.1 Å². The molecule has 2 aliphatic heterocycles. The lowest BCUT2D eigenvalue weighted by molar-refractivity contribution is -0.167. The molecule has 1 aromatic rings. The van der Waals surface area contributed by atoms with E-state index < -0.39 is 18.0 Å². The average molecular weight is 423 g/mol. The van der Waals surface area contributed by atoms with Gasteiger partial charge >= 0.3 is 11.9 Å². The quantitative estimate of drug-likeness (QED) is 0.649. The summed E-state index contributed by atoms with van der Waals surface area (Å²) in [6.07, 6.45) is 0.439. The molecule has 1 saturated heterocycles. The third kappa shape index (κ3) is 5.84. The second-order valence-electron chi connectivity index (χ2n) is 7.01. The van der Waals surface area contributed by atoms with Gasteiger partial charge in [-0.25, -0.2) is 14.6 Å². The van der Waals surface area contributed by atoms with E-state index in [2.05, 4.69) is 20.2 Å². The molecule has 0 saturated carbocycles. The summed E-state index contributed by atoms with van der Waals surface area (Å²) in [6.45, 7) is 8.53. The zero-order chi connectivity index (χ0) is 20.8. The molecule has 1 fully saturated rings. The summed E-state index contributed by atoms with van der Waals surface area (Å²) >= 11 is 1.47. The summed E-state index contributed by atoms with van der Waals surface area (Å²) in [6, 6.07) is 0. The predicted octanol–water partition coefficient (Wildman–Crippen LogP) is 0.963. The molecule has 1 N–H and O–H groups in total. The molecule has 0 amide bonds. The number of morpholine rings is 1. The maximum absolute atomic E-state index is 12.8. The third-order valence-corrected chi connectivity index (χ3v) is 5.14. The fraction of sp³-hybridized carbons (Fsp3) is 0.579. The summed E-state index contributed by atoms with van der Waals surface area (Å²) in [4.78, 5) is 35.7. The molecule has 0 bridgehead atoms. The number of nitrogens with one attached hydrogen (secondary N) is 1. The number of rotatable bonds is 7. The lowest BCUT2D eigenvalue weighted by Gasteiger charge is -2.30. The molecule has 3 rings (SSSR count). The van der Waals surface area contributed by atoms with Gasteiger partial charge in [0.25, 0.3) is 0 Å². The van der Waals surface area contributed by atoms with Crippen LogP contribution in [0.3, 0.4) is 0 Å². The molecule has 10 heteroatoms. The van der Waals surface area contributed by atoms with Crippen molar-refractivity contribution in [1.29, 1.82) is 0 Å². The first-order chi connectivity index (χ1) is 13.9. The van der Waals surface area contributed by atoms with E-state index in [4.69, 9.17) is 14.2 Å². The van der Waals surface area contributed by atoms with Crippen molar-refractivity contribution >= 4 is 29.1 Å². The molecular formula is C19H26N4O5S. The van der Waals surface area contributed by atoms with Crippen molar-refractivity contribution in [2.45, 2.75) is 33.0 Å². The smallest absolute Gasteiger partial charge is 0.347 e. The van der Waals surface area contributed by atoms with Crippen molar-refractivity contribution in [1.82, 2.24) is 15.2 Å². The average Bonchev–Trinajstić information content (AvgIpc) is 3.23. The van der Waals surface area contributed by atoms with Crippen molar-refractivity contribution in [3.05, 3.63) is 27.9 Å². The predicted molar refractivity (Wildman–Crippen MR) is 108 cm³/mol. The van der Waals surface area contributed by atoms with Gasteiger partial charge < -0.3 is 19.5 Å². The van der Waals surface area contributed by atoms with Gasteiger partial charge in [-0.3, -0.25) is 9.89 Å². The second kappa shape index (κ2) is 9.95. The van der Waals surface area contributed by atoms with Crippen LogP contribution < -0.4 is 5.32 Å². The lowest BCUT2D eigenvalue weighted by atomic mass is 10.1. The molecule has 0 radical (unpaired) electrons. The van der Waals surface area contributed by atoms with Crippen LogP contribution in [-0.2, 0) is 23.8 Å². The van der Waals surface area contributed by atoms with Crippen LogP contribution in [0.2, 0.25) is 0 Å². The number of aliphatic imine (C=N–C) groups is 1. The van der Waals surface area contributed by atoms with E-state index in [9.17, 15) is 9.59 Å². The minimum atomic E-state index is -0.994. The number of carbonyl (C=O) groups is 2. The van der Waals surface area contributed by atoms with Gasteiger partial charge in [-0.05, 0) is 20.8 Å². The number of hydrogen-bond acceptors (Lipinski definition) is 10. The van der Waals surface area contributed by atoms with Gasteiger partial charge in [0.15, 0.2) is 16.9 Å². The van der Waals surface area contributed by atoms with Gasteiger partial charge in [0.2, 0.25) is 0 Å². The highest BCUT2D eigenvalue weighted by atomic mass is 32.1. The Balaban J connectivity index is 1.74. The van der Waals surface area contributed by atoms with Crippen LogP contribution in [0.25, 0.3) is 0 Å². The highest BCUT2D eigenvalue weighted by molar-refractivity contribution is 7.11. The number of ether oxygens (including phenoxy) is 3. The molecule has 29 heavy (non-hydrogen) atoms. The minimum absolute atomic E-state index is 0.159. The van der Waals surface area contributed by atoms with E-state index in [1.807, 2.05) is 5.38 Å². The number of hydrogen-bond donors (Lipinski definition) is 1. The molecule has 158 valence electrons. The van der Waals surface area contributed by atoms with Crippen molar-refractivity contribution in [3.63, 3.8) is 0 Å². The van der Waals surface area contributed by atoms with Crippen LogP contribution in [0.5, 0.6) is 0 Å². The number of thiazole rings is 1. The monoisotopic (exact) mass is 422 g/mol. The first-order valence-electron chi connectivity index (χ1n) is 9.59. The van der Waals surface area contributed by atoms with Crippen molar-refractivity contribution < 1.29 is 23.8 Å². The van der Waals surface area contributed by atoms with Crippen LogP contribution in [-0.4, -0.2) is 79.3 Å². The Morgan fingerprint density at radius 2 is 2.03 bits per heavy atom. The number of nitrogens with zero attached hydrogens (tertiary/aromatic N) is 3. The summed E-state index contributed by atoms with van der Waals surface area (Å²) in [5.41, 5.74) is 1.11. The molecule has 3 heterocycles. The number of aromatic nitrogens is 1. The highest BCUT2D eigenvalue weighted by Crippen LogP contribution is 2.17. The van der Waals surface area contributed by atoms with Gasteiger partial charge in [0.05, 0.1) is 31.4 Å². The highest BCUT2D eigenvalue weighted by Gasteiger charge is 2.28. The first-order valence-corrected chi connectivity index (χ1v) is 10.5. The Hall–Kier alpha value is -2.30. The van der Waals surface area contributed by atoms with Crippen molar-refractivity contribution in [2.24, 2.45) is 4.99 Å². The van der Waals surface area contributed by atoms with E-state index >= 15 is 0 Å². The van der Waals surface area contributed by atoms with E-state index in [-0.39, 0.29) is 12.6 Å². The van der Waals surface area contributed by atoms with E-state index in [1.54, 1.807) is 20.0 Å². The fourth-order valence-electron chi connectivity index (χ4n) is 2.89. The molecule has 9 nitrogen and oxygen atoms in total. The molecule has 2 aliphatic rings. The Labute approximate surface area is 173 Å². The van der Waals surface area contributed by atoms with Gasteiger partial charge in [-0.2, -0.15) is 0 Å². The zero-order valence-electron chi connectivity index (χ0n) is 16.8. The maximum Gasteiger partial charge on any atom is 0.347 e. The minimum Gasteiger partial charge on any atom is -0.460 e. The van der Waals surface area contributed by atoms with Crippen LogP contribution in [0.1, 0.15) is 25.8 Å².